The molecule has 2 N–H and O–H groups in total. The van der Waals surface area contributed by atoms with Gasteiger partial charge in [-0.3, -0.25) is 4.79 Å². The number of amides is 1. The minimum Gasteiger partial charge on any atom is -0.393 e. The lowest BCUT2D eigenvalue weighted by Crippen LogP contribution is -2.40. The molecule has 0 aliphatic carbocycles. The number of carbonyl (C=O) groups excluding carboxylic acids is 1. The molecular weight excluding hydrogens is 350 g/mol. The zero-order valence-electron chi connectivity index (χ0n) is 14.9. The summed E-state index contributed by atoms with van der Waals surface area (Å²) >= 11 is 0. The van der Waals surface area contributed by atoms with Crippen LogP contribution < -0.4 is 5.32 Å². The van der Waals surface area contributed by atoms with Crippen LogP contribution in [0, 0.1) is 11.6 Å². The van der Waals surface area contributed by atoms with Crippen LogP contribution in [0.25, 0.3) is 6.08 Å². The van der Waals surface area contributed by atoms with E-state index in [9.17, 15) is 18.7 Å². The molecule has 142 valence electrons. The molecule has 1 fully saturated rings. The first-order valence-electron chi connectivity index (χ1n) is 8.96. The van der Waals surface area contributed by atoms with E-state index in [1.165, 1.54) is 12.1 Å². The molecule has 6 heteroatoms. The van der Waals surface area contributed by atoms with Crippen molar-refractivity contribution >= 4 is 17.7 Å². The predicted octanol–water partition coefficient (Wildman–Crippen LogP) is 3.69. The molecule has 27 heavy (non-hydrogen) atoms. The molecule has 0 atom stereocenters. The molecule has 1 amide bonds. The Bertz CT molecular complexity index is 813. The van der Waals surface area contributed by atoms with Crippen molar-refractivity contribution in [2.75, 3.05) is 25.0 Å². The number of aliphatic hydroxyl groups excluding tert-OH is 1. The van der Waals surface area contributed by atoms with E-state index in [1.54, 1.807) is 29.2 Å². The monoisotopic (exact) mass is 372 g/mol. The van der Waals surface area contributed by atoms with Crippen LogP contribution in [0.15, 0.2) is 48.5 Å². The minimum absolute atomic E-state index is 0.0277. The van der Waals surface area contributed by atoms with Crippen molar-refractivity contribution in [2.45, 2.75) is 18.9 Å². The highest BCUT2D eigenvalue weighted by atomic mass is 19.1. The van der Waals surface area contributed by atoms with Crippen LogP contribution >= 0.6 is 0 Å². The molecule has 2 aromatic rings. The fourth-order valence-electron chi connectivity index (χ4n) is 2.98. The van der Waals surface area contributed by atoms with Gasteiger partial charge in [-0.05, 0) is 49.2 Å². The molecule has 0 bridgehead atoms. The highest BCUT2D eigenvalue weighted by molar-refractivity contribution is 5.94. The second-order valence-electron chi connectivity index (χ2n) is 6.55. The first kappa shape index (κ1) is 19.0. The van der Waals surface area contributed by atoms with E-state index in [-0.39, 0.29) is 12.0 Å². The molecule has 3 rings (SSSR count). The average Bonchev–Trinajstić information content (AvgIpc) is 2.67. The Morgan fingerprint density at radius 1 is 1.15 bits per heavy atom. The fraction of sp³-hybridized carbons (Fsp3) is 0.286. The van der Waals surface area contributed by atoms with Crippen LogP contribution in [0.3, 0.4) is 0 Å². The quantitative estimate of drug-likeness (QED) is 0.842. The summed E-state index contributed by atoms with van der Waals surface area (Å²) in [6.07, 6.45) is 4.26. The van der Waals surface area contributed by atoms with Gasteiger partial charge in [-0.2, -0.15) is 0 Å². The molecule has 1 saturated heterocycles. The third-order valence-electron chi connectivity index (χ3n) is 4.57. The third kappa shape index (κ3) is 5.14. The molecule has 4 nitrogen and oxygen atoms in total. The number of halogens is 2. The highest BCUT2D eigenvalue weighted by Gasteiger charge is 2.22. The second-order valence-corrected chi connectivity index (χ2v) is 6.55. The normalized spacial score (nSPS) is 15.3. The number of likely N-dealkylation sites (tertiary alicyclic amines) is 1. The van der Waals surface area contributed by atoms with Crippen LogP contribution in [0.2, 0.25) is 0 Å². The van der Waals surface area contributed by atoms with Gasteiger partial charge in [-0.25, -0.2) is 8.78 Å². The van der Waals surface area contributed by atoms with Crippen molar-refractivity contribution in [3.8, 4) is 0 Å². The van der Waals surface area contributed by atoms with Gasteiger partial charge >= 0.3 is 0 Å². The first-order chi connectivity index (χ1) is 13.0. The van der Waals surface area contributed by atoms with E-state index < -0.39 is 11.6 Å². The predicted molar refractivity (Wildman–Crippen MR) is 101 cm³/mol. The van der Waals surface area contributed by atoms with Crippen LogP contribution in [0.4, 0.5) is 14.5 Å². The van der Waals surface area contributed by atoms with Crippen LogP contribution in [0.1, 0.15) is 28.8 Å². The van der Waals surface area contributed by atoms with Gasteiger partial charge in [0.2, 0.25) is 0 Å². The highest BCUT2D eigenvalue weighted by Crippen LogP contribution is 2.16. The molecule has 1 aliphatic rings. The smallest absolute Gasteiger partial charge is 0.253 e. The Labute approximate surface area is 157 Å². The topological polar surface area (TPSA) is 52.6 Å². The number of piperidine rings is 1. The van der Waals surface area contributed by atoms with Crippen molar-refractivity contribution < 1.29 is 18.7 Å². The number of nitrogens with zero attached hydrogens (tertiary/aromatic N) is 1. The number of nitrogens with one attached hydrogen (secondary N) is 1. The largest absolute Gasteiger partial charge is 0.393 e. The maximum Gasteiger partial charge on any atom is 0.253 e. The van der Waals surface area contributed by atoms with Gasteiger partial charge in [0.1, 0.15) is 11.6 Å². The fourth-order valence-corrected chi connectivity index (χ4v) is 2.98. The Kier molecular flexibility index (Phi) is 6.19. The number of carbonyl (C=O) groups is 1. The second kappa shape index (κ2) is 8.77. The van der Waals surface area contributed by atoms with Gasteiger partial charge in [0.25, 0.3) is 5.91 Å². The van der Waals surface area contributed by atoms with Gasteiger partial charge < -0.3 is 15.3 Å². The number of anilines is 1. The lowest BCUT2D eigenvalue weighted by atomic mass is 10.1. The summed E-state index contributed by atoms with van der Waals surface area (Å²) in [5.41, 5.74) is 1.77. The van der Waals surface area contributed by atoms with E-state index in [2.05, 4.69) is 5.32 Å². The molecule has 0 saturated carbocycles. The zero-order valence-corrected chi connectivity index (χ0v) is 14.9. The minimum atomic E-state index is -0.599. The summed E-state index contributed by atoms with van der Waals surface area (Å²) < 4.78 is 26.4. The molecule has 0 spiro atoms. The SMILES string of the molecule is O=C(c1ccc(NC/C=C/c2ccc(F)cc2F)cc1)N1CCC(O)CC1. The Morgan fingerprint density at radius 3 is 2.52 bits per heavy atom. The lowest BCUT2D eigenvalue weighted by Gasteiger charge is -2.29. The summed E-state index contributed by atoms with van der Waals surface area (Å²) in [6.45, 7) is 1.61. The molecule has 0 unspecified atom stereocenters. The first-order valence-corrected chi connectivity index (χ1v) is 8.96. The Hall–Kier alpha value is -2.73. The molecule has 1 heterocycles. The zero-order chi connectivity index (χ0) is 19.2. The van der Waals surface area contributed by atoms with Gasteiger partial charge in [-0.1, -0.05) is 12.2 Å². The summed E-state index contributed by atoms with van der Waals surface area (Å²) in [5.74, 6) is -1.22. The number of rotatable bonds is 5. The lowest BCUT2D eigenvalue weighted by molar-refractivity contribution is 0.0546. The molecule has 2 aromatic carbocycles. The number of hydrogen-bond donors (Lipinski definition) is 2. The molecular formula is C21H22F2N2O2. The maximum atomic E-state index is 13.5. The van der Waals surface area contributed by atoms with Crippen LogP contribution in [0.5, 0.6) is 0 Å². The molecule has 1 aliphatic heterocycles. The number of benzene rings is 2. The van der Waals surface area contributed by atoms with Crippen molar-refractivity contribution in [3.63, 3.8) is 0 Å². The van der Waals surface area contributed by atoms with Gasteiger partial charge in [0, 0.05) is 42.5 Å². The maximum absolute atomic E-state index is 13.5. The standard InChI is InChI=1S/C21H22F2N2O2/c22-17-6-3-15(20(23)14-17)2-1-11-24-18-7-4-16(5-8-18)21(27)25-12-9-19(26)10-13-25/h1-8,14,19,24,26H,9-13H2/b2-1+. The van der Waals surface area contributed by atoms with Crippen molar-refractivity contribution in [3.05, 3.63) is 71.3 Å². The molecule has 0 aromatic heterocycles. The van der Waals surface area contributed by atoms with E-state index in [0.717, 1.165) is 11.8 Å². The third-order valence-corrected chi connectivity index (χ3v) is 4.57. The van der Waals surface area contributed by atoms with E-state index in [1.807, 2.05) is 12.1 Å². The Morgan fingerprint density at radius 2 is 1.85 bits per heavy atom. The number of aliphatic hydroxyl groups is 1. The van der Waals surface area contributed by atoms with Gasteiger partial charge in [0.05, 0.1) is 6.10 Å². The summed E-state index contributed by atoms with van der Waals surface area (Å²) in [6, 6.07) is 10.6. The molecule has 0 radical (unpaired) electrons. The Balaban J connectivity index is 1.51. The summed E-state index contributed by atoms with van der Waals surface area (Å²) in [7, 11) is 0. The average molecular weight is 372 g/mol. The van der Waals surface area contributed by atoms with Gasteiger partial charge in [-0.15, -0.1) is 0 Å². The van der Waals surface area contributed by atoms with E-state index >= 15 is 0 Å². The van der Waals surface area contributed by atoms with E-state index in [0.29, 0.717) is 43.6 Å². The van der Waals surface area contributed by atoms with Crippen molar-refractivity contribution in [2.24, 2.45) is 0 Å². The number of hydrogen-bond acceptors (Lipinski definition) is 3. The van der Waals surface area contributed by atoms with Crippen LogP contribution in [-0.2, 0) is 0 Å². The van der Waals surface area contributed by atoms with E-state index in [4.69, 9.17) is 0 Å². The van der Waals surface area contributed by atoms with Crippen molar-refractivity contribution in [1.29, 1.82) is 0 Å². The summed E-state index contributed by atoms with van der Waals surface area (Å²) in [5, 5.41) is 12.7. The van der Waals surface area contributed by atoms with Crippen LogP contribution in [-0.4, -0.2) is 41.7 Å². The van der Waals surface area contributed by atoms with Gasteiger partial charge in [0.15, 0.2) is 0 Å². The summed E-state index contributed by atoms with van der Waals surface area (Å²) in [4.78, 5) is 14.2. The van der Waals surface area contributed by atoms with Crippen molar-refractivity contribution in [1.82, 2.24) is 4.90 Å².